The summed E-state index contributed by atoms with van der Waals surface area (Å²) >= 11 is 0. The minimum Gasteiger partial charge on any atom is -0.490 e. The largest absolute Gasteiger partial charge is 0.490 e. The summed E-state index contributed by atoms with van der Waals surface area (Å²) in [6.07, 6.45) is -0.873. The van der Waals surface area contributed by atoms with Gasteiger partial charge in [-0.15, -0.1) is 24.0 Å². The number of ether oxygens (including phenoxy) is 3. The molecule has 11 heteroatoms. The molecule has 1 aromatic carbocycles. The second kappa shape index (κ2) is 13.4. The summed E-state index contributed by atoms with van der Waals surface area (Å²) in [4.78, 5) is 4.43. The molecule has 0 bridgehead atoms. The first kappa shape index (κ1) is 26.1. The average Bonchev–Trinajstić information content (AvgIpc) is 3.13. The fraction of sp³-hybridized carbons (Fsp3) is 0.476. The van der Waals surface area contributed by atoms with E-state index >= 15 is 0 Å². The van der Waals surface area contributed by atoms with Crippen LogP contribution in [0.15, 0.2) is 46.0 Å². The molecule has 3 rings (SSSR count). The number of rotatable bonds is 9. The zero-order valence-corrected chi connectivity index (χ0v) is 19.8. The Kier molecular flexibility index (Phi) is 10.9. The Morgan fingerprint density at radius 2 is 1.94 bits per heavy atom. The lowest BCUT2D eigenvalue weighted by Gasteiger charge is -2.14. The van der Waals surface area contributed by atoms with Gasteiger partial charge in [-0.1, -0.05) is 0 Å². The van der Waals surface area contributed by atoms with E-state index in [4.69, 9.17) is 13.9 Å². The fourth-order valence-electron chi connectivity index (χ4n) is 2.82. The van der Waals surface area contributed by atoms with Crippen LogP contribution >= 0.6 is 24.0 Å². The maximum Gasteiger partial charge on any atom is 0.411 e. The molecule has 0 radical (unpaired) electrons. The molecule has 7 nitrogen and oxygen atoms in total. The summed E-state index contributed by atoms with van der Waals surface area (Å²) in [5.41, 5.74) is 0.752. The number of furan rings is 1. The maximum absolute atomic E-state index is 12.1. The molecule has 1 aliphatic rings. The van der Waals surface area contributed by atoms with Gasteiger partial charge in [0, 0.05) is 44.3 Å². The van der Waals surface area contributed by atoms with E-state index in [1.165, 1.54) is 0 Å². The molecule has 0 aliphatic carbocycles. The Balaban J connectivity index is 0.00000363. The molecule has 1 aliphatic heterocycles. The number of alkyl halides is 3. The zero-order chi connectivity index (χ0) is 21.9. The molecule has 0 fully saturated rings. The molecule has 1 aromatic heterocycles. The van der Waals surface area contributed by atoms with E-state index in [2.05, 4.69) is 20.4 Å². The van der Waals surface area contributed by atoms with Crippen molar-refractivity contribution < 1.29 is 31.8 Å². The molecule has 2 heterocycles. The Bertz CT molecular complexity index is 832. The van der Waals surface area contributed by atoms with Gasteiger partial charge in [-0.3, -0.25) is 4.99 Å². The number of anilines is 1. The normalized spacial score (nSPS) is 13.8. The molecule has 0 saturated carbocycles. The quantitative estimate of drug-likeness (QED) is 0.199. The summed E-state index contributed by atoms with van der Waals surface area (Å²) in [5, 5.41) is 6.40. The molecule has 0 saturated heterocycles. The summed E-state index contributed by atoms with van der Waals surface area (Å²) in [6.45, 7) is 0.786. The molecule has 2 N–H and O–H groups in total. The van der Waals surface area contributed by atoms with E-state index in [1.807, 2.05) is 30.3 Å². The summed E-state index contributed by atoms with van der Waals surface area (Å²) in [7, 11) is 0. The highest BCUT2D eigenvalue weighted by Crippen LogP contribution is 2.32. The minimum absolute atomic E-state index is 0. The van der Waals surface area contributed by atoms with E-state index in [1.54, 1.807) is 6.26 Å². The van der Waals surface area contributed by atoms with Crippen LogP contribution in [0.3, 0.4) is 0 Å². The van der Waals surface area contributed by atoms with E-state index in [0.29, 0.717) is 56.6 Å². The van der Waals surface area contributed by atoms with Crippen molar-refractivity contribution in [2.45, 2.75) is 25.4 Å². The first-order valence-corrected chi connectivity index (χ1v) is 10.1. The van der Waals surface area contributed by atoms with Crippen molar-refractivity contribution in [1.82, 2.24) is 5.32 Å². The van der Waals surface area contributed by atoms with Crippen LogP contribution in [0.4, 0.5) is 18.9 Å². The number of guanidine groups is 1. The van der Waals surface area contributed by atoms with Crippen LogP contribution in [-0.4, -0.2) is 51.7 Å². The van der Waals surface area contributed by atoms with Crippen LogP contribution in [0.1, 0.15) is 18.6 Å². The summed E-state index contributed by atoms with van der Waals surface area (Å²) in [5.74, 6) is 2.67. The minimum atomic E-state index is -4.32. The van der Waals surface area contributed by atoms with Gasteiger partial charge in [0.05, 0.1) is 19.5 Å². The Morgan fingerprint density at radius 3 is 2.69 bits per heavy atom. The molecule has 32 heavy (non-hydrogen) atoms. The molecule has 0 atom stereocenters. The number of nitrogens with zero attached hydrogens (tertiary/aromatic N) is 1. The predicted molar refractivity (Wildman–Crippen MR) is 125 cm³/mol. The van der Waals surface area contributed by atoms with E-state index < -0.39 is 12.8 Å². The smallest absolute Gasteiger partial charge is 0.411 e. The molecule has 2 aromatic rings. The monoisotopic (exact) mass is 569 g/mol. The molecule has 0 unspecified atom stereocenters. The SMILES string of the molecule is FC(F)(F)COCCCN=C(NCCc1ccco1)Nc1ccc2c(c1)OCCCO2.I. The third-order valence-electron chi connectivity index (χ3n) is 4.24. The highest BCUT2D eigenvalue weighted by molar-refractivity contribution is 14.0. The topological polar surface area (TPSA) is 77.2 Å². The van der Waals surface area contributed by atoms with Gasteiger partial charge in [-0.25, -0.2) is 0 Å². The first-order valence-electron chi connectivity index (χ1n) is 10.1. The van der Waals surface area contributed by atoms with Crippen LogP contribution < -0.4 is 20.1 Å². The standard InChI is InChI=1S/C21H26F3N3O4.HI/c22-21(23,24)15-28-10-2-8-25-20(26-9-7-17-4-1-11-29-17)27-16-5-6-18-19(14-16)31-13-3-12-30-18;/h1,4-6,11,14H,2-3,7-10,12-13,15H2,(H2,25,26,27);1H. The number of fused-ring (bicyclic) bond motifs is 1. The maximum atomic E-state index is 12.1. The zero-order valence-electron chi connectivity index (χ0n) is 17.5. The van der Waals surface area contributed by atoms with Crippen LogP contribution in [-0.2, 0) is 11.2 Å². The van der Waals surface area contributed by atoms with Crippen molar-refractivity contribution in [3.05, 3.63) is 42.4 Å². The summed E-state index contributed by atoms with van der Waals surface area (Å²) in [6, 6.07) is 9.21. The number of hydrogen-bond donors (Lipinski definition) is 2. The highest BCUT2D eigenvalue weighted by atomic mass is 127. The Hall–Kier alpha value is -2.15. The lowest BCUT2D eigenvalue weighted by Crippen LogP contribution is -2.32. The van der Waals surface area contributed by atoms with Crippen LogP contribution in [0.2, 0.25) is 0 Å². The number of hydrogen-bond acceptors (Lipinski definition) is 5. The van der Waals surface area contributed by atoms with Crippen molar-refractivity contribution >= 4 is 35.6 Å². The summed E-state index contributed by atoms with van der Waals surface area (Å²) < 4.78 is 57.7. The number of nitrogens with one attached hydrogen (secondary N) is 2. The first-order chi connectivity index (χ1) is 15.0. The fourth-order valence-corrected chi connectivity index (χ4v) is 2.82. The van der Waals surface area contributed by atoms with Gasteiger partial charge in [-0.2, -0.15) is 13.2 Å². The average molecular weight is 569 g/mol. The number of aliphatic imine (C=N–C) groups is 1. The molecular formula is C21H27F3IN3O4. The van der Waals surface area contributed by atoms with Gasteiger partial charge in [0.1, 0.15) is 12.4 Å². The van der Waals surface area contributed by atoms with Crippen LogP contribution in [0, 0.1) is 0 Å². The van der Waals surface area contributed by atoms with Gasteiger partial charge in [-0.05, 0) is 30.7 Å². The number of benzene rings is 1. The Morgan fingerprint density at radius 1 is 1.12 bits per heavy atom. The van der Waals surface area contributed by atoms with Crippen molar-refractivity contribution in [3.8, 4) is 11.5 Å². The second-order valence-corrected chi connectivity index (χ2v) is 6.84. The molecule has 178 valence electrons. The lowest BCUT2D eigenvalue weighted by atomic mass is 10.2. The van der Waals surface area contributed by atoms with Crippen molar-refractivity contribution in [3.63, 3.8) is 0 Å². The molecular weight excluding hydrogens is 542 g/mol. The van der Waals surface area contributed by atoms with Gasteiger partial charge in [0.15, 0.2) is 17.5 Å². The third kappa shape index (κ3) is 9.55. The van der Waals surface area contributed by atoms with E-state index in [9.17, 15) is 13.2 Å². The van der Waals surface area contributed by atoms with Crippen molar-refractivity contribution in [2.24, 2.45) is 4.99 Å². The third-order valence-corrected chi connectivity index (χ3v) is 4.24. The molecule has 0 spiro atoms. The predicted octanol–water partition coefficient (Wildman–Crippen LogP) is 4.63. The van der Waals surface area contributed by atoms with Gasteiger partial charge < -0.3 is 29.3 Å². The second-order valence-electron chi connectivity index (χ2n) is 6.84. The van der Waals surface area contributed by atoms with E-state index in [0.717, 1.165) is 17.9 Å². The van der Waals surface area contributed by atoms with E-state index in [-0.39, 0.29) is 30.6 Å². The van der Waals surface area contributed by atoms with Gasteiger partial charge >= 0.3 is 6.18 Å². The Labute approximate surface area is 201 Å². The van der Waals surface area contributed by atoms with Crippen LogP contribution in [0.25, 0.3) is 0 Å². The van der Waals surface area contributed by atoms with Crippen molar-refractivity contribution in [1.29, 1.82) is 0 Å². The van der Waals surface area contributed by atoms with Crippen molar-refractivity contribution in [2.75, 3.05) is 44.8 Å². The van der Waals surface area contributed by atoms with Crippen LogP contribution in [0.5, 0.6) is 11.5 Å². The molecule has 0 amide bonds. The highest BCUT2D eigenvalue weighted by Gasteiger charge is 2.27. The van der Waals surface area contributed by atoms with Gasteiger partial charge in [0.25, 0.3) is 0 Å². The van der Waals surface area contributed by atoms with Gasteiger partial charge in [0.2, 0.25) is 0 Å². The lowest BCUT2D eigenvalue weighted by molar-refractivity contribution is -0.173. The number of halogens is 4.